The van der Waals surface area contributed by atoms with E-state index >= 15 is 0 Å². The van der Waals surface area contributed by atoms with Crippen LogP contribution in [-0.4, -0.2) is 10.9 Å². The Hall–Kier alpha value is -1.31. The van der Waals surface area contributed by atoms with Crippen LogP contribution in [0.2, 0.25) is 0 Å². The van der Waals surface area contributed by atoms with Crippen LogP contribution in [0.15, 0.2) is 18.2 Å². The molecule has 0 heterocycles. The van der Waals surface area contributed by atoms with Gasteiger partial charge in [-0.1, -0.05) is 18.9 Å². The number of carbonyl (C=O) groups is 1. The van der Waals surface area contributed by atoms with Crippen molar-refractivity contribution in [3.63, 3.8) is 0 Å². The topological polar surface area (TPSA) is 37.3 Å². The minimum absolute atomic E-state index is 0.210. The highest BCUT2D eigenvalue weighted by molar-refractivity contribution is 5.99. The molecule has 2 heteroatoms. The minimum Gasteiger partial charge on any atom is -0.508 e. The molecule has 1 aromatic carbocycles. The Kier molecular flexibility index (Phi) is 2.23. The summed E-state index contributed by atoms with van der Waals surface area (Å²) < 4.78 is 0. The standard InChI is InChI=1S/C14H16O2/c15-10-5-6-12-11-4-2-1-3-9(11)7-14(16)13(12)8-10/h5-6,8-9,11,15H,1-4,7H2/t9-,11-/m0/s1. The summed E-state index contributed by atoms with van der Waals surface area (Å²) in [6.07, 6.45) is 5.62. The van der Waals surface area contributed by atoms with Gasteiger partial charge in [0.1, 0.15) is 5.75 Å². The van der Waals surface area contributed by atoms with Crippen LogP contribution in [0.4, 0.5) is 0 Å². The predicted octanol–water partition coefficient (Wildman–Crippen LogP) is 3.25. The van der Waals surface area contributed by atoms with Gasteiger partial charge in [0.2, 0.25) is 0 Å². The molecule has 1 saturated carbocycles. The minimum atomic E-state index is 0.210. The fourth-order valence-corrected chi connectivity index (χ4v) is 3.32. The highest BCUT2D eigenvalue weighted by atomic mass is 16.3. The maximum absolute atomic E-state index is 12.0. The molecule has 0 unspecified atom stereocenters. The zero-order chi connectivity index (χ0) is 11.1. The third-order valence-corrected chi connectivity index (χ3v) is 4.09. The molecule has 0 aromatic heterocycles. The van der Waals surface area contributed by atoms with E-state index in [0.717, 1.165) is 5.56 Å². The zero-order valence-electron chi connectivity index (χ0n) is 9.28. The van der Waals surface area contributed by atoms with E-state index in [0.29, 0.717) is 18.3 Å². The molecule has 0 bridgehead atoms. The first-order valence-electron chi connectivity index (χ1n) is 6.12. The highest BCUT2D eigenvalue weighted by Gasteiger charge is 2.35. The van der Waals surface area contributed by atoms with Crippen LogP contribution < -0.4 is 0 Å². The number of rotatable bonds is 0. The fourth-order valence-electron chi connectivity index (χ4n) is 3.32. The number of carbonyl (C=O) groups excluding carboxylic acids is 1. The summed E-state index contributed by atoms with van der Waals surface area (Å²) in [5.41, 5.74) is 1.95. The van der Waals surface area contributed by atoms with E-state index in [1.165, 1.54) is 31.2 Å². The summed E-state index contributed by atoms with van der Waals surface area (Å²) >= 11 is 0. The summed E-state index contributed by atoms with van der Waals surface area (Å²) in [7, 11) is 0. The quantitative estimate of drug-likeness (QED) is 0.722. The molecule has 2 nitrogen and oxygen atoms in total. The first kappa shape index (κ1) is 9.88. The smallest absolute Gasteiger partial charge is 0.163 e. The molecule has 16 heavy (non-hydrogen) atoms. The van der Waals surface area contributed by atoms with Crippen LogP contribution in [0, 0.1) is 5.92 Å². The third kappa shape index (κ3) is 1.44. The number of phenolic OH excluding ortho intramolecular Hbond substituents is 1. The Morgan fingerprint density at radius 2 is 2.00 bits per heavy atom. The van der Waals surface area contributed by atoms with E-state index in [2.05, 4.69) is 0 Å². The Morgan fingerprint density at radius 3 is 2.88 bits per heavy atom. The first-order chi connectivity index (χ1) is 7.75. The van der Waals surface area contributed by atoms with E-state index in [1.807, 2.05) is 6.07 Å². The van der Waals surface area contributed by atoms with Gasteiger partial charge in [-0.2, -0.15) is 0 Å². The molecular weight excluding hydrogens is 200 g/mol. The lowest BCUT2D eigenvalue weighted by Gasteiger charge is -2.36. The molecule has 1 aromatic rings. The van der Waals surface area contributed by atoms with E-state index in [9.17, 15) is 9.90 Å². The third-order valence-electron chi connectivity index (χ3n) is 4.09. The number of hydrogen-bond acceptors (Lipinski definition) is 2. The van der Waals surface area contributed by atoms with Gasteiger partial charge in [-0.05, 0) is 42.4 Å². The molecule has 84 valence electrons. The number of benzene rings is 1. The Bertz CT molecular complexity index is 436. The number of aromatic hydroxyl groups is 1. The summed E-state index contributed by atoms with van der Waals surface area (Å²) in [6, 6.07) is 5.30. The van der Waals surface area contributed by atoms with Crippen molar-refractivity contribution in [1.82, 2.24) is 0 Å². The largest absolute Gasteiger partial charge is 0.508 e. The molecular formula is C14H16O2. The summed E-state index contributed by atoms with van der Waals surface area (Å²) in [5.74, 6) is 1.54. The fraction of sp³-hybridized carbons (Fsp3) is 0.500. The van der Waals surface area contributed by atoms with E-state index in [4.69, 9.17) is 0 Å². The zero-order valence-corrected chi connectivity index (χ0v) is 9.28. The van der Waals surface area contributed by atoms with E-state index in [-0.39, 0.29) is 11.5 Å². The van der Waals surface area contributed by atoms with Gasteiger partial charge in [-0.15, -0.1) is 0 Å². The second kappa shape index (κ2) is 3.62. The van der Waals surface area contributed by atoms with Gasteiger partial charge in [-0.3, -0.25) is 4.79 Å². The average molecular weight is 216 g/mol. The molecule has 0 spiro atoms. The maximum atomic E-state index is 12.0. The highest BCUT2D eigenvalue weighted by Crippen LogP contribution is 2.45. The number of phenols is 1. The van der Waals surface area contributed by atoms with Crippen molar-refractivity contribution in [2.24, 2.45) is 5.92 Å². The molecule has 2 aliphatic carbocycles. The van der Waals surface area contributed by atoms with Gasteiger partial charge in [0.05, 0.1) is 0 Å². The predicted molar refractivity (Wildman–Crippen MR) is 61.8 cm³/mol. The van der Waals surface area contributed by atoms with E-state index < -0.39 is 0 Å². The van der Waals surface area contributed by atoms with Gasteiger partial charge in [0, 0.05) is 12.0 Å². The molecule has 1 fully saturated rings. The van der Waals surface area contributed by atoms with Gasteiger partial charge in [0.25, 0.3) is 0 Å². The SMILES string of the molecule is O=C1C[C@@H]2CCCC[C@@H]2c2ccc(O)cc21. The average Bonchev–Trinajstić information content (AvgIpc) is 2.29. The lowest BCUT2D eigenvalue weighted by molar-refractivity contribution is 0.0919. The van der Waals surface area contributed by atoms with E-state index in [1.54, 1.807) is 12.1 Å². The van der Waals surface area contributed by atoms with Crippen LogP contribution >= 0.6 is 0 Å². The van der Waals surface area contributed by atoms with Gasteiger partial charge in [-0.25, -0.2) is 0 Å². The van der Waals surface area contributed by atoms with Crippen molar-refractivity contribution in [3.05, 3.63) is 29.3 Å². The monoisotopic (exact) mass is 216 g/mol. The van der Waals surface area contributed by atoms with Crippen LogP contribution in [0.5, 0.6) is 5.75 Å². The van der Waals surface area contributed by atoms with Crippen molar-refractivity contribution in [1.29, 1.82) is 0 Å². The van der Waals surface area contributed by atoms with Crippen molar-refractivity contribution < 1.29 is 9.90 Å². The van der Waals surface area contributed by atoms with Crippen LogP contribution in [-0.2, 0) is 0 Å². The molecule has 1 N–H and O–H groups in total. The van der Waals surface area contributed by atoms with Crippen molar-refractivity contribution in [2.75, 3.05) is 0 Å². The summed E-state index contributed by atoms with van der Waals surface area (Å²) in [4.78, 5) is 12.0. The molecule has 2 atom stereocenters. The number of Topliss-reactive ketones (excluding diaryl/α,β-unsaturated/α-hetero) is 1. The summed E-state index contributed by atoms with van der Waals surface area (Å²) in [5, 5.41) is 9.45. The van der Waals surface area contributed by atoms with Crippen LogP contribution in [0.25, 0.3) is 0 Å². The molecule has 0 radical (unpaired) electrons. The second-order valence-corrected chi connectivity index (χ2v) is 5.05. The summed E-state index contributed by atoms with van der Waals surface area (Å²) in [6.45, 7) is 0. The Balaban J connectivity index is 2.08. The lowest BCUT2D eigenvalue weighted by atomic mass is 9.68. The Morgan fingerprint density at radius 1 is 1.19 bits per heavy atom. The molecule has 0 aliphatic heterocycles. The van der Waals surface area contributed by atoms with Gasteiger partial charge in [0.15, 0.2) is 5.78 Å². The van der Waals surface area contributed by atoms with Gasteiger partial charge < -0.3 is 5.11 Å². The van der Waals surface area contributed by atoms with Crippen molar-refractivity contribution >= 4 is 5.78 Å². The molecule has 2 aliphatic rings. The molecule has 0 amide bonds. The number of ketones is 1. The van der Waals surface area contributed by atoms with Crippen LogP contribution in [0.1, 0.15) is 53.9 Å². The molecule has 3 rings (SSSR count). The first-order valence-corrected chi connectivity index (χ1v) is 6.12. The van der Waals surface area contributed by atoms with Crippen molar-refractivity contribution in [2.45, 2.75) is 38.0 Å². The maximum Gasteiger partial charge on any atom is 0.163 e. The van der Waals surface area contributed by atoms with Crippen molar-refractivity contribution in [3.8, 4) is 5.75 Å². The lowest BCUT2D eigenvalue weighted by Crippen LogP contribution is -2.27. The second-order valence-electron chi connectivity index (χ2n) is 5.05. The van der Waals surface area contributed by atoms with Gasteiger partial charge >= 0.3 is 0 Å². The molecule has 0 saturated heterocycles. The normalized spacial score (nSPS) is 28.4. The number of hydrogen-bond donors (Lipinski definition) is 1. The van der Waals surface area contributed by atoms with Crippen LogP contribution in [0.3, 0.4) is 0 Å². The number of fused-ring (bicyclic) bond motifs is 3. The Labute approximate surface area is 95.3 Å².